The smallest absolute Gasteiger partial charge is 0.197 e. The Kier molecular flexibility index (Phi) is 3.18. The molecule has 2 rings (SSSR count). The van der Waals surface area contributed by atoms with Gasteiger partial charge in [0.05, 0.1) is 12.8 Å². The van der Waals surface area contributed by atoms with E-state index in [0.29, 0.717) is 18.1 Å². The molecule has 4 heteroatoms. The second-order valence-corrected chi connectivity index (χ2v) is 3.93. The molecule has 78 valence electrons. The van der Waals surface area contributed by atoms with Crippen LogP contribution in [0.3, 0.4) is 0 Å². The number of hydrogen-bond acceptors (Lipinski definition) is 3. The summed E-state index contributed by atoms with van der Waals surface area (Å²) in [5.41, 5.74) is 0.967. The average Bonchev–Trinajstić information content (AvgIpc) is 2.68. The second-order valence-electron chi connectivity index (χ2n) is 3.07. The Balaban J connectivity index is 2.33. The summed E-state index contributed by atoms with van der Waals surface area (Å²) in [6.45, 7) is 0.0515. The molecule has 0 amide bonds. The predicted molar refractivity (Wildman–Crippen MR) is 60.4 cm³/mol. The SMILES string of the molecule is OCCc1ncc(-c2ccccc2Br)o1. The molecule has 2 aromatic rings. The second kappa shape index (κ2) is 4.59. The van der Waals surface area contributed by atoms with Crippen LogP contribution in [-0.4, -0.2) is 16.7 Å². The summed E-state index contributed by atoms with van der Waals surface area (Å²) in [5.74, 6) is 1.27. The quantitative estimate of drug-likeness (QED) is 0.930. The van der Waals surface area contributed by atoms with Crippen LogP contribution < -0.4 is 0 Å². The first kappa shape index (κ1) is 10.4. The van der Waals surface area contributed by atoms with Crippen LogP contribution in [-0.2, 0) is 6.42 Å². The van der Waals surface area contributed by atoms with Gasteiger partial charge in [0.15, 0.2) is 11.7 Å². The van der Waals surface area contributed by atoms with Crippen molar-refractivity contribution in [2.24, 2.45) is 0 Å². The van der Waals surface area contributed by atoms with E-state index < -0.39 is 0 Å². The molecule has 1 N–H and O–H groups in total. The minimum atomic E-state index is 0.0515. The van der Waals surface area contributed by atoms with Crippen molar-refractivity contribution in [2.45, 2.75) is 6.42 Å². The lowest BCUT2D eigenvalue weighted by Gasteiger charge is -1.98. The van der Waals surface area contributed by atoms with Crippen molar-refractivity contribution < 1.29 is 9.52 Å². The van der Waals surface area contributed by atoms with Gasteiger partial charge in [-0.2, -0.15) is 0 Å². The summed E-state index contributed by atoms with van der Waals surface area (Å²) >= 11 is 3.44. The standard InChI is InChI=1S/C11H10BrNO2/c12-9-4-2-1-3-8(9)10-7-13-11(15-10)5-6-14/h1-4,7,14H,5-6H2. The van der Waals surface area contributed by atoms with E-state index >= 15 is 0 Å². The number of aliphatic hydroxyl groups excluding tert-OH is 1. The van der Waals surface area contributed by atoms with Gasteiger partial charge >= 0.3 is 0 Å². The molecule has 0 aliphatic heterocycles. The zero-order chi connectivity index (χ0) is 10.7. The van der Waals surface area contributed by atoms with Crippen LogP contribution in [0.2, 0.25) is 0 Å². The number of hydrogen-bond donors (Lipinski definition) is 1. The van der Waals surface area contributed by atoms with E-state index in [-0.39, 0.29) is 6.61 Å². The Morgan fingerprint density at radius 2 is 2.13 bits per heavy atom. The molecule has 0 saturated carbocycles. The molecule has 0 radical (unpaired) electrons. The number of rotatable bonds is 3. The Morgan fingerprint density at radius 3 is 2.87 bits per heavy atom. The van der Waals surface area contributed by atoms with Gasteiger partial charge in [-0.25, -0.2) is 4.98 Å². The summed E-state index contributed by atoms with van der Waals surface area (Å²) in [4.78, 5) is 4.08. The van der Waals surface area contributed by atoms with Gasteiger partial charge in [0.25, 0.3) is 0 Å². The minimum Gasteiger partial charge on any atom is -0.441 e. The highest BCUT2D eigenvalue weighted by Gasteiger charge is 2.08. The predicted octanol–water partition coefficient (Wildman–Crippen LogP) is 2.64. The molecule has 1 heterocycles. The van der Waals surface area contributed by atoms with Crippen molar-refractivity contribution in [3.05, 3.63) is 40.8 Å². The highest BCUT2D eigenvalue weighted by atomic mass is 79.9. The lowest BCUT2D eigenvalue weighted by Crippen LogP contribution is -1.88. The van der Waals surface area contributed by atoms with Crippen molar-refractivity contribution in [3.8, 4) is 11.3 Å². The van der Waals surface area contributed by atoms with Crippen LogP contribution in [0.4, 0.5) is 0 Å². The summed E-state index contributed by atoms with van der Waals surface area (Å²) < 4.78 is 6.46. The van der Waals surface area contributed by atoms with Gasteiger partial charge in [-0.3, -0.25) is 0 Å². The number of nitrogens with zero attached hydrogens (tertiary/aromatic N) is 1. The highest BCUT2D eigenvalue weighted by Crippen LogP contribution is 2.28. The first-order valence-electron chi connectivity index (χ1n) is 4.61. The van der Waals surface area contributed by atoms with E-state index in [0.717, 1.165) is 10.0 Å². The molecule has 0 spiro atoms. The molecule has 3 nitrogen and oxygen atoms in total. The number of aromatic nitrogens is 1. The van der Waals surface area contributed by atoms with Crippen LogP contribution >= 0.6 is 15.9 Å². The van der Waals surface area contributed by atoms with Crippen molar-refractivity contribution in [1.82, 2.24) is 4.98 Å². The van der Waals surface area contributed by atoms with Crippen molar-refractivity contribution in [1.29, 1.82) is 0 Å². The van der Waals surface area contributed by atoms with Gasteiger partial charge in [0, 0.05) is 16.5 Å². The fraction of sp³-hybridized carbons (Fsp3) is 0.182. The van der Waals surface area contributed by atoms with E-state index in [1.807, 2.05) is 24.3 Å². The molecule has 0 saturated heterocycles. The molecule has 0 aliphatic rings. The van der Waals surface area contributed by atoms with E-state index in [1.54, 1.807) is 6.20 Å². The summed E-state index contributed by atoms with van der Waals surface area (Å²) in [7, 11) is 0. The largest absolute Gasteiger partial charge is 0.441 e. The van der Waals surface area contributed by atoms with E-state index in [2.05, 4.69) is 20.9 Å². The molecular formula is C11H10BrNO2. The first-order chi connectivity index (χ1) is 7.31. The third-order valence-corrected chi connectivity index (χ3v) is 2.71. The third kappa shape index (κ3) is 2.27. The normalized spacial score (nSPS) is 10.5. The molecule has 0 fully saturated rings. The summed E-state index contributed by atoms with van der Waals surface area (Å²) in [5, 5.41) is 8.74. The van der Waals surface area contributed by atoms with Crippen molar-refractivity contribution in [2.75, 3.05) is 6.61 Å². The molecule has 15 heavy (non-hydrogen) atoms. The van der Waals surface area contributed by atoms with Crippen molar-refractivity contribution in [3.63, 3.8) is 0 Å². The van der Waals surface area contributed by atoms with Crippen LogP contribution in [0.5, 0.6) is 0 Å². The Bertz CT molecular complexity index is 453. The molecule has 1 aromatic heterocycles. The monoisotopic (exact) mass is 267 g/mol. The van der Waals surface area contributed by atoms with E-state index in [9.17, 15) is 0 Å². The maximum absolute atomic E-state index is 8.74. The minimum absolute atomic E-state index is 0.0515. The van der Waals surface area contributed by atoms with Gasteiger partial charge in [-0.15, -0.1) is 0 Å². The number of benzene rings is 1. The van der Waals surface area contributed by atoms with E-state index in [1.165, 1.54) is 0 Å². The summed E-state index contributed by atoms with van der Waals surface area (Å²) in [6.07, 6.45) is 2.12. The topological polar surface area (TPSA) is 46.3 Å². The van der Waals surface area contributed by atoms with Crippen LogP contribution in [0.1, 0.15) is 5.89 Å². The molecule has 0 aliphatic carbocycles. The average molecular weight is 268 g/mol. The zero-order valence-electron chi connectivity index (χ0n) is 7.98. The third-order valence-electron chi connectivity index (χ3n) is 2.02. The fourth-order valence-corrected chi connectivity index (χ4v) is 1.79. The molecule has 0 bridgehead atoms. The summed E-state index contributed by atoms with van der Waals surface area (Å²) in [6, 6.07) is 7.78. The first-order valence-corrected chi connectivity index (χ1v) is 5.41. The molecule has 0 atom stereocenters. The Hall–Kier alpha value is -1.13. The van der Waals surface area contributed by atoms with E-state index in [4.69, 9.17) is 9.52 Å². The maximum atomic E-state index is 8.74. The maximum Gasteiger partial charge on any atom is 0.197 e. The van der Waals surface area contributed by atoms with Gasteiger partial charge < -0.3 is 9.52 Å². The number of oxazole rings is 1. The fourth-order valence-electron chi connectivity index (χ4n) is 1.31. The van der Waals surface area contributed by atoms with Gasteiger partial charge in [0.1, 0.15) is 0 Å². The number of aliphatic hydroxyl groups is 1. The zero-order valence-corrected chi connectivity index (χ0v) is 9.57. The molecule has 1 aromatic carbocycles. The van der Waals surface area contributed by atoms with Gasteiger partial charge in [0.2, 0.25) is 0 Å². The van der Waals surface area contributed by atoms with Crippen LogP contribution in [0.15, 0.2) is 39.4 Å². The van der Waals surface area contributed by atoms with Gasteiger partial charge in [-0.05, 0) is 6.07 Å². The highest BCUT2D eigenvalue weighted by molar-refractivity contribution is 9.10. The lowest BCUT2D eigenvalue weighted by atomic mass is 10.2. The van der Waals surface area contributed by atoms with Crippen LogP contribution in [0, 0.1) is 0 Å². The molecule has 0 unspecified atom stereocenters. The van der Waals surface area contributed by atoms with Crippen LogP contribution in [0.25, 0.3) is 11.3 Å². The van der Waals surface area contributed by atoms with Crippen molar-refractivity contribution >= 4 is 15.9 Å². The van der Waals surface area contributed by atoms with Gasteiger partial charge in [-0.1, -0.05) is 34.1 Å². The Morgan fingerprint density at radius 1 is 1.33 bits per heavy atom. The molecular weight excluding hydrogens is 258 g/mol. The lowest BCUT2D eigenvalue weighted by molar-refractivity contribution is 0.285. The Labute approximate surface area is 95.9 Å². The number of halogens is 1.